The Morgan fingerprint density at radius 2 is 1.77 bits per heavy atom. The zero-order valence-electron chi connectivity index (χ0n) is 17.8. The number of amides is 2. The van der Waals surface area contributed by atoms with Gasteiger partial charge < -0.3 is 14.7 Å². The molecule has 2 aromatic rings. The second-order valence-electron chi connectivity index (χ2n) is 7.43. The first-order valence-corrected chi connectivity index (χ1v) is 10.3. The largest absolute Gasteiger partial charge is 0.352 e. The van der Waals surface area contributed by atoms with Gasteiger partial charge >= 0.3 is 0 Å². The smallest absolute Gasteiger partial charge is 0.242 e. The van der Waals surface area contributed by atoms with Crippen LogP contribution in [0, 0.1) is 6.92 Å². The first kappa shape index (κ1) is 21.5. The minimum absolute atomic E-state index is 0.0286. The highest BCUT2D eigenvalue weighted by molar-refractivity contribution is 5.85. The average Bonchev–Trinajstić information content (AvgIpc) is 2.79. The van der Waals surface area contributed by atoms with Crippen LogP contribution < -0.4 is 4.90 Å². The van der Waals surface area contributed by atoms with Gasteiger partial charge in [0.25, 0.3) is 0 Å². The van der Waals surface area contributed by atoms with E-state index in [1.807, 2.05) is 29.2 Å². The number of piperazine rings is 1. The van der Waals surface area contributed by atoms with Crippen molar-refractivity contribution in [2.75, 3.05) is 44.2 Å². The van der Waals surface area contributed by atoms with Gasteiger partial charge in [-0.15, -0.1) is 16.8 Å². The number of aryl methyl sites for hydroxylation is 1. The van der Waals surface area contributed by atoms with Crippen LogP contribution in [-0.4, -0.2) is 71.1 Å². The van der Waals surface area contributed by atoms with Crippen LogP contribution >= 0.6 is 0 Å². The van der Waals surface area contributed by atoms with E-state index in [4.69, 9.17) is 0 Å². The number of aromatic nitrogens is 2. The second-order valence-corrected chi connectivity index (χ2v) is 7.43. The van der Waals surface area contributed by atoms with Crippen molar-refractivity contribution >= 4 is 17.6 Å². The lowest BCUT2D eigenvalue weighted by Gasteiger charge is -2.36. The number of anilines is 1. The maximum Gasteiger partial charge on any atom is 0.242 e. The van der Waals surface area contributed by atoms with Crippen molar-refractivity contribution in [2.24, 2.45) is 0 Å². The summed E-state index contributed by atoms with van der Waals surface area (Å²) in [4.78, 5) is 30.1. The Balaban J connectivity index is 1.56. The molecule has 1 fully saturated rings. The second kappa shape index (κ2) is 10.0. The fourth-order valence-corrected chi connectivity index (χ4v) is 3.45. The predicted molar refractivity (Wildman–Crippen MR) is 118 cm³/mol. The molecular formula is C23H29N5O2. The van der Waals surface area contributed by atoms with Gasteiger partial charge in [-0.3, -0.25) is 9.59 Å². The average molecular weight is 408 g/mol. The number of carbonyl (C=O) groups excluding carboxylic acids is 2. The molecule has 1 saturated heterocycles. The topological polar surface area (TPSA) is 69.6 Å². The minimum Gasteiger partial charge on any atom is -0.352 e. The highest BCUT2D eigenvalue weighted by atomic mass is 16.2. The Morgan fingerprint density at radius 3 is 2.33 bits per heavy atom. The summed E-state index contributed by atoms with van der Waals surface area (Å²) in [5.41, 5.74) is 3.10. The van der Waals surface area contributed by atoms with E-state index in [0.29, 0.717) is 39.1 Å². The van der Waals surface area contributed by atoms with Gasteiger partial charge in [-0.25, -0.2) is 0 Å². The molecule has 3 rings (SSSR count). The van der Waals surface area contributed by atoms with Gasteiger partial charge in [0.15, 0.2) is 5.82 Å². The Hall–Kier alpha value is -3.22. The zero-order valence-corrected chi connectivity index (χ0v) is 17.8. The van der Waals surface area contributed by atoms with Crippen LogP contribution in [0.25, 0.3) is 11.3 Å². The lowest BCUT2D eigenvalue weighted by atomic mass is 10.1. The maximum atomic E-state index is 12.6. The summed E-state index contributed by atoms with van der Waals surface area (Å²) < 4.78 is 0. The van der Waals surface area contributed by atoms with Gasteiger partial charge in [0, 0.05) is 44.7 Å². The molecule has 1 aromatic heterocycles. The molecule has 1 aliphatic rings. The molecule has 0 unspecified atom stereocenters. The van der Waals surface area contributed by atoms with Crippen molar-refractivity contribution in [2.45, 2.75) is 20.3 Å². The summed E-state index contributed by atoms with van der Waals surface area (Å²) in [6, 6.07) is 12.2. The molecule has 0 aliphatic carbocycles. The van der Waals surface area contributed by atoms with E-state index >= 15 is 0 Å². The number of benzene rings is 1. The van der Waals surface area contributed by atoms with Gasteiger partial charge in [0.1, 0.15) is 6.54 Å². The van der Waals surface area contributed by atoms with Crippen LogP contribution in [0.15, 0.2) is 49.1 Å². The molecule has 7 nitrogen and oxygen atoms in total. The fourth-order valence-electron chi connectivity index (χ4n) is 3.45. The van der Waals surface area contributed by atoms with Crippen molar-refractivity contribution < 1.29 is 9.59 Å². The highest BCUT2D eigenvalue weighted by Gasteiger charge is 2.24. The van der Waals surface area contributed by atoms with Crippen LogP contribution in [0.5, 0.6) is 0 Å². The third kappa shape index (κ3) is 5.23. The van der Waals surface area contributed by atoms with E-state index < -0.39 is 0 Å². The number of hydrogen-bond donors (Lipinski definition) is 0. The molecule has 2 heterocycles. The molecule has 158 valence electrons. The zero-order chi connectivity index (χ0) is 21.5. The van der Waals surface area contributed by atoms with Gasteiger partial charge in [0.05, 0.1) is 5.69 Å². The summed E-state index contributed by atoms with van der Waals surface area (Å²) in [6.07, 6.45) is 2.03. The standard InChI is InChI=1S/C23H29N5O2/c1-4-12-28(22(29)5-2)17-23(30)27-15-13-26(14-16-27)21-11-10-20(24-25-21)19-8-6-18(3)7-9-19/h4,6-11H,1,5,12-17H2,2-3H3. The van der Waals surface area contributed by atoms with E-state index in [2.05, 4.69) is 40.7 Å². The molecule has 0 saturated carbocycles. The van der Waals surface area contributed by atoms with E-state index in [0.717, 1.165) is 17.1 Å². The SMILES string of the molecule is C=CCN(CC(=O)N1CCN(c2ccc(-c3ccc(C)cc3)nn2)CC1)C(=O)CC. The Morgan fingerprint density at radius 1 is 1.07 bits per heavy atom. The third-order valence-corrected chi connectivity index (χ3v) is 5.28. The quantitative estimate of drug-likeness (QED) is 0.660. The summed E-state index contributed by atoms with van der Waals surface area (Å²) in [7, 11) is 0. The Bertz CT molecular complexity index is 871. The molecular weight excluding hydrogens is 378 g/mol. The molecule has 30 heavy (non-hydrogen) atoms. The Kier molecular flexibility index (Phi) is 7.17. The number of hydrogen-bond acceptors (Lipinski definition) is 5. The molecule has 0 bridgehead atoms. The lowest BCUT2D eigenvalue weighted by molar-refractivity contribution is -0.140. The van der Waals surface area contributed by atoms with Crippen LogP contribution in [-0.2, 0) is 9.59 Å². The van der Waals surface area contributed by atoms with Crippen molar-refractivity contribution in [3.05, 3.63) is 54.6 Å². The van der Waals surface area contributed by atoms with Crippen molar-refractivity contribution in [3.8, 4) is 11.3 Å². The molecule has 1 aromatic carbocycles. The molecule has 0 N–H and O–H groups in total. The Labute approximate surface area is 178 Å². The highest BCUT2D eigenvalue weighted by Crippen LogP contribution is 2.20. The van der Waals surface area contributed by atoms with E-state index in [-0.39, 0.29) is 18.4 Å². The number of nitrogens with zero attached hydrogens (tertiary/aromatic N) is 5. The van der Waals surface area contributed by atoms with Gasteiger partial charge in [-0.1, -0.05) is 42.8 Å². The fraction of sp³-hybridized carbons (Fsp3) is 0.391. The summed E-state index contributed by atoms with van der Waals surface area (Å²) in [6.45, 7) is 10.6. The first-order valence-electron chi connectivity index (χ1n) is 10.3. The third-order valence-electron chi connectivity index (χ3n) is 5.28. The van der Waals surface area contributed by atoms with Crippen LogP contribution in [0.1, 0.15) is 18.9 Å². The molecule has 0 radical (unpaired) electrons. The predicted octanol–water partition coefficient (Wildman–Crippen LogP) is 2.53. The van der Waals surface area contributed by atoms with Crippen LogP contribution in [0.3, 0.4) is 0 Å². The maximum absolute atomic E-state index is 12.6. The van der Waals surface area contributed by atoms with Gasteiger partial charge in [0.2, 0.25) is 11.8 Å². The van der Waals surface area contributed by atoms with E-state index in [9.17, 15) is 9.59 Å². The van der Waals surface area contributed by atoms with Crippen LogP contribution in [0.2, 0.25) is 0 Å². The molecule has 0 spiro atoms. The molecule has 7 heteroatoms. The monoisotopic (exact) mass is 407 g/mol. The summed E-state index contributed by atoms with van der Waals surface area (Å²) in [5, 5.41) is 8.76. The van der Waals surface area contributed by atoms with E-state index in [1.54, 1.807) is 17.9 Å². The first-order chi connectivity index (χ1) is 14.5. The summed E-state index contributed by atoms with van der Waals surface area (Å²) >= 11 is 0. The number of rotatable bonds is 7. The van der Waals surface area contributed by atoms with Gasteiger partial charge in [-0.2, -0.15) is 0 Å². The molecule has 1 aliphatic heterocycles. The molecule has 2 amide bonds. The normalized spacial score (nSPS) is 13.8. The van der Waals surface area contributed by atoms with Crippen molar-refractivity contribution in [1.82, 2.24) is 20.0 Å². The number of carbonyl (C=O) groups is 2. The molecule has 0 atom stereocenters. The minimum atomic E-state index is -0.0363. The lowest BCUT2D eigenvalue weighted by Crippen LogP contribution is -2.52. The van der Waals surface area contributed by atoms with Crippen molar-refractivity contribution in [1.29, 1.82) is 0 Å². The van der Waals surface area contributed by atoms with E-state index in [1.165, 1.54) is 5.56 Å². The van der Waals surface area contributed by atoms with Crippen molar-refractivity contribution in [3.63, 3.8) is 0 Å². The summed E-state index contributed by atoms with van der Waals surface area (Å²) in [5.74, 6) is 0.748. The van der Waals surface area contributed by atoms with Crippen LogP contribution in [0.4, 0.5) is 5.82 Å². The van der Waals surface area contributed by atoms with Gasteiger partial charge in [-0.05, 0) is 19.1 Å².